The Bertz CT molecular complexity index is 374. The Labute approximate surface area is 129 Å². The van der Waals surface area contributed by atoms with E-state index in [1.165, 1.54) is 0 Å². The van der Waals surface area contributed by atoms with Crippen LogP contribution in [0, 0.1) is 0 Å². The summed E-state index contributed by atoms with van der Waals surface area (Å²) in [4.78, 5) is 22.6. The minimum atomic E-state index is -0.326. The summed E-state index contributed by atoms with van der Waals surface area (Å²) in [6.07, 6.45) is 1.08. The van der Waals surface area contributed by atoms with E-state index in [2.05, 4.69) is 15.9 Å². The van der Waals surface area contributed by atoms with Crippen molar-refractivity contribution < 1.29 is 19.4 Å². The number of aliphatic hydroxyl groups excluding tert-OH is 1. The molecule has 0 saturated heterocycles. The van der Waals surface area contributed by atoms with Crippen LogP contribution in [0.2, 0.25) is 0 Å². The van der Waals surface area contributed by atoms with Crippen LogP contribution in [0.25, 0.3) is 0 Å². The number of ketones is 1. The summed E-state index contributed by atoms with van der Waals surface area (Å²) in [6, 6.07) is 6.95. The van der Waals surface area contributed by atoms with Crippen molar-refractivity contribution in [2.75, 3.05) is 13.7 Å². The number of carbonyl (C=O) groups excluding carboxylic acids is 2. The molecule has 0 heterocycles. The van der Waals surface area contributed by atoms with Crippen LogP contribution < -0.4 is 0 Å². The van der Waals surface area contributed by atoms with Crippen LogP contribution >= 0.6 is 15.9 Å². The van der Waals surface area contributed by atoms with Gasteiger partial charge < -0.3 is 9.84 Å². The lowest BCUT2D eigenvalue weighted by Crippen LogP contribution is -2.13. The molecule has 1 aromatic rings. The van der Waals surface area contributed by atoms with E-state index < -0.39 is 0 Å². The summed E-state index contributed by atoms with van der Waals surface area (Å²) < 4.78 is 5.74. The second-order valence-electron chi connectivity index (χ2n) is 3.34. The van der Waals surface area contributed by atoms with Gasteiger partial charge in [0.2, 0.25) is 0 Å². The second-order valence-corrected chi connectivity index (χ2v) is 4.26. The Morgan fingerprint density at radius 2 is 1.65 bits per heavy atom. The number of hydrogen-bond acceptors (Lipinski definition) is 4. The molecular formula is C15H23BrO4. The molecule has 0 amide bonds. The fraction of sp³-hybridized carbons (Fsp3) is 0.467. The Kier molecular flexibility index (Phi) is 15.0. The standard InChI is InChI=1S/C12H13BrO3.C2H6.CH4O/c1-2-3-12(15)16-8-11(14)9-4-6-10(13)7-5-9;2*1-2/h4-7H,2-3,8H2,1H3;1-2H3;2H,1H3. The molecule has 0 unspecified atom stereocenters. The molecule has 0 aliphatic rings. The number of hydrogen-bond donors (Lipinski definition) is 1. The van der Waals surface area contributed by atoms with E-state index in [1.807, 2.05) is 20.8 Å². The van der Waals surface area contributed by atoms with Crippen LogP contribution in [0.1, 0.15) is 44.0 Å². The molecule has 1 rings (SSSR count). The fourth-order valence-electron chi connectivity index (χ4n) is 1.14. The molecule has 0 atom stereocenters. The van der Waals surface area contributed by atoms with Gasteiger partial charge in [-0.25, -0.2) is 0 Å². The third-order valence-electron chi connectivity index (χ3n) is 1.98. The average Bonchev–Trinajstić information content (AvgIpc) is 2.50. The van der Waals surface area contributed by atoms with Gasteiger partial charge in [0.25, 0.3) is 0 Å². The largest absolute Gasteiger partial charge is 0.457 e. The first-order chi connectivity index (χ1) is 9.63. The van der Waals surface area contributed by atoms with Crippen molar-refractivity contribution >= 4 is 27.7 Å². The lowest BCUT2D eigenvalue weighted by molar-refractivity contribution is -0.142. The van der Waals surface area contributed by atoms with Crippen molar-refractivity contribution in [1.82, 2.24) is 0 Å². The number of benzene rings is 1. The molecule has 0 aromatic heterocycles. The normalized spacial score (nSPS) is 8.50. The van der Waals surface area contributed by atoms with Gasteiger partial charge in [-0.1, -0.05) is 48.8 Å². The van der Waals surface area contributed by atoms with E-state index in [1.54, 1.807) is 24.3 Å². The van der Waals surface area contributed by atoms with Crippen molar-refractivity contribution in [1.29, 1.82) is 0 Å². The highest BCUT2D eigenvalue weighted by molar-refractivity contribution is 9.10. The van der Waals surface area contributed by atoms with Crippen LogP contribution in [0.15, 0.2) is 28.7 Å². The zero-order valence-corrected chi connectivity index (χ0v) is 14.1. The van der Waals surface area contributed by atoms with Gasteiger partial charge in [-0.2, -0.15) is 0 Å². The van der Waals surface area contributed by atoms with E-state index in [4.69, 9.17) is 9.84 Å². The van der Waals surface area contributed by atoms with Crippen LogP contribution in [0.5, 0.6) is 0 Å². The molecule has 114 valence electrons. The van der Waals surface area contributed by atoms with E-state index in [0.29, 0.717) is 12.0 Å². The molecule has 1 N–H and O–H groups in total. The Morgan fingerprint density at radius 1 is 1.15 bits per heavy atom. The maximum absolute atomic E-state index is 11.6. The summed E-state index contributed by atoms with van der Waals surface area (Å²) in [6.45, 7) is 5.71. The zero-order valence-electron chi connectivity index (χ0n) is 12.5. The maximum atomic E-state index is 11.6. The third-order valence-corrected chi connectivity index (χ3v) is 2.51. The Balaban J connectivity index is 0. The summed E-state index contributed by atoms with van der Waals surface area (Å²) in [5.74, 6) is -0.509. The summed E-state index contributed by atoms with van der Waals surface area (Å²) in [7, 11) is 1.00. The lowest BCUT2D eigenvalue weighted by Gasteiger charge is -2.03. The minimum Gasteiger partial charge on any atom is -0.457 e. The highest BCUT2D eigenvalue weighted by atomic mass is 79.9. The van der Waals surface area contributed by atoms with E-state index in [9.17, 15) is 9.59 Å². The number of rotatable bonds is 5. The fourth-order valence-corrected chi connectivity index (χ4v) is 1.41. The second kappa shape index (κ2) is 14.2. The number of halogens is 1. The number of aliphatic hydroxyl groups is 1. The predicted octanol–water partition coefficient (Wildman–Crippen LogP) is 3.61. The van der Waals surface area contributed by atoms with Crippen LogP contribution in [-0.2, 0) is 9.53 Å². The predicted molar refractivity (Wildman–Crippen MR) is 83.8 cm³/mol. The van der Waals surface area contributed by atoms with E-state index in [0.717, 1.165) is 18.0 Å². The van der Waals surface area contributed by atoms with Crippen molar-refractivity contribution in [2.45, 2.75) is 33.6 Å². The van der Waals surface area contributed by atoms with Crippen molar-refractivity contribution in [3.05, 3.63) is 34.3 Å². The van der Waals surface area contributed by atoms with Gasteiger partial charge in [-0.05, 0) is 18.6 Å². The number of ether oxygens (including phenoxy) is 1. The monoisotopic (exact) mass is 346 g/mol. The molecule has 5 heteroatoms. The summed E-state index contributed by atoms with van der Waals surface area (Å²) >= 11 is 3.28. The summed E-state index contributed by atoms with van der Waals surface area (Å²) in [5, 5.41) is 7.00. The quantitative estimate of drug-likeness (QED) is 0.653. The van der Waals surface area contributed by atoms with Crippen molar-refractivity contribution in [2.24, 2.45) is 0 Å². The third kappa shape index (κ3) is 9.69. The van der Waals surface area contributed by atoms with Gasteiger partial charge in [0.1, 0.15) is 0 Å². The first-order valence-electron chi connectivity index (χ1n) is 6.52. The van der Waals surface area contributed by atoms with Gasteiger partial charge in [-0.15, -0.1) is 0 Å². The SMILES string of the molecule is CC.CCCC(=O)OCC(=O)c1ccc(Br)cc1.CO. The Hall–Kier alpha value is -1.20. The number of esters is 1. The van der Waals surface area contributed by atoms with Crippen LogP contribution in [0.3, 0.4) is 0 Å². The highest BCUT2D eigenvalue weighted by Gasteiger charge is 2.08. The number of carbonyl (C=O) groups is 2. The molecule has 0 radical (unpaired) electrons. The maximum Gasteiger partial charge on any atom is 0.306 e. The lowest BCUT2D eigenvalue weighted by atomic mass is 10.1. The molecule has 0 aliphatic carbocycles. The first kappa shape index (κ1) is 21.1. The molecule has 20 heavy (non-hydrogen) atoms. The molecule has 0 saturated carbocycles. The molecule has 1 aromatic carbocycles. The first-order valence-corrected chi connectivity index (χ1v) is 7.32. The molecule has 0 aliphatic heterocycles. The van der Waals surface area contributed by atoms with Crippen LogP contribution in [-0.4, -0.2) is 30.6 Å². The van der Waals surface area contributed by atoms with Gasteiger partial charge in [0.05, 0.1) is 0 Å². The van der Waals surface area contributed by atoms with E-state index in [-0.39, 0.29) is 18.4 Å². The van der Waals surface area contributed by atoms with Gasteiger partial charge in [-0.3, -0.25) is 9.59 Å². The molecular weight excluding hydrogens is 324 g/mol. The molecule has 4 nitrogen and oxygen atoms in total. The van der Waals surface area contributed by atoms with Gasteiger partial charge in [0.15, 0.2) is 12.4 Å². The highest BCUT2D eigenvalue weighted by Crippen LogP contribution is 2.11. The van der Waals surface area contributed by atoms with Gasteiger partial charge >= 0.3 is 5.97 Å². The molecule has 0 spiro atoms. The summed E-state index contributed by atoms with van der Waals surface area (Å²) in [5.41, 5.74) is 0.549. The molecule has 0 bridgehead atoms. The van der Waals surface area contributed by atoms with Gasteiger partial charge in [0, 0.05) is 23.6 Å². The smallest absolute Gasteiger partial charge is 0.306 e. The zero-order chi connectivity index (χ0) is 16.0. The molecule has 0 fully saturated rings. The minimum absolute atomic E-state index is 0.180. The Morgan fingerprint density at radius 3 is 2.10 bits per heavy atom. The number of Topliss-reactive ketones (excluding diaryl/α,β-unsaturated/α-hetero) is 1. The van der Waals surface area contributed by atoms with E-state index >= 15 is 0 Å². The topological polar surface area (TPSA) is 63.6 Å². The average molecular weight is 347 g/mol. The van der Waals surface area contributed by atoms with Crippen molar-refractivity contribution in [3.63, 3.8) is 0 Å². The van der Waals surface area contributed by atoms with Crippen molar-refractivity contribution in [3.8, 4) is 0 Å². The van der Waals surface area contributed by atoms with Crippen LogP contribution in [0.4, 0.5) is 0 Å².